The van der Waals surface area contributed by atoms with E-state index >= 15 is 0 Å². The molecule has 4 heteroatoms. The molecule has 0 heterocycles. The predicted molar refractivity (Wildman–Crippen MR) is 58.4 cm³/mol. The van der Waals surface area contributed by atoms with Gasteiger partial charge >= 0.3 is 0 Å². The van der Waals surface area contributed by atoms with E-state index in [1.54, 1.807) is 12.1 Å². The highest BCUT2D eigenvalue weighted by Gasteiger charge is 2.08. The van der Waals surface area contributed by atoms with Gasteiger partial charge in [-0.05, 0) is 17.7 Å². The Labute approximate surface area is 93.7 Å². The van der Waals surface area contributed by atoms with E-state index in [1.807, 2.05) is 18.2 Å². The van der Waals surface area contributed by atoms with Crippen molar-refractivity contribution in [2.45, 2.75) is 19.4 Å². The zero-order valence-electron chi connectivity index (χ0n) is 8.33. The van der Waals surface area contributed by atoms with Gasteiger partial charge in [-0.25, -0.2) is 0 Å². The van der Waals surface area contributed by atoms with E-state index in [4.69, 9.17) is 16.9 Å². The summed E-state index contributed by atoms with van der Waals surface area (Å²) < 4.78 is 0. The minimum atomic E-state index is -0.483. The molecule has 1 N–H and O–H groups in total. The second-order valence-corrected chi connectivity index (χ2v) is 3.65. The first-order valence-corrected chi connectivity index (χ1v) is 4.91. The Morgan fingerprint density at radius 1 is 1.53 bits per heavy atom. The Morgan fingerprint density at radius 3 is 2.60 bits per heavy atom. The maximum absolute atomic E-state index is 10.8. The first-order chi connectivity index (χ1) is 7.11. The zero-order valence-corrected chi connectivity index (χ0v) is 9.08. The van der Waals surface area contributed by atoms with Gasteiger partial charge in [0.1, 0.15) is 6.04 Å². The summed E-state index contributed by atoms with van der Waals surface area (Å²) in [6.07, 6.45) is 0.493. The highest BCUT2D eigenvalue weighted by atomic mass is 35.5. The van der Waals surface area contributed by atoms with Crippen LogP contribution in [0.4, 0.5) is 0 Å². The topological polar surface area (TPSA) is 52.9 Å². The molecule has 1 unspecified atom stereocenters. The molecule has 0 fully saturated rings. The van der Waals surface area contributed by atoms with Crippen molar-refractivity contribution in [3.8, 4) is 6.07 Å². The van der Waals surface area contributed by atoms with Gasteiger partial charge in [-0.15, -0.1) is 0 Å². The van der Waals surface area contributed by atoms with Gasteiger partial charge in [0.2, 0.25) is 5.91 Å². The van der Waals surface area contributed by atoms with E-state index in [-0.39, 0.29) is 5.91 Å². The standard InChI is InChI=1S/C11H11ClN2O/c1-8(15)14-11(7-13)6-9-2-4-10(12)5-3-9/h2-5,11H,6H2,1H3,(H,14,15). The molecule has 0 saturated heterocycles. The van der Waals surface area contributed by atoms with Crippen LogP contribution in [0.2, 0.25) is 5.02 Å². The number of amides is 1. The van der Waals surface area contributed by atoms with Crippen molar-refractivity contribution in [3.63, 3.8) is 0 Å². The van der Waals surface area contributed by atoms with Gasteiger partial charge in [0, 0.05) is 18.4 Å². The number of hydrogen-bond donors (Lipinski definition) is 1. The van der Waals surface area contributed by atoms with E-state index < -0.39 is 6.04 Å². The molecule has 0 radical (unpaired) electrons. The quantitative estimate of drug-likeness (QED) is 0.850. The van der Waals surface area contributed by atoms with Crippen LogP contribution < -0.4 is 5.32 Å². The number of halogens is 1. The molecule has 1 rings (SSSR count). The van der Waals surface area contributed by atoms with Gasteiger partial charge in [0.15, 0.2) is 0 Å². The van der Waals surface area contributed by atoms with Crippen molar-refractivity contribution in [2.24, 2.45) is 0 Å². The fourth-order valence-electron chi connectivity index (χ4n) is 1.23. The lowest BCUT2D eigenvalue weighted by molar-refractivity contribution is -0.119. The Hall–Kier alpha value is -1.53. The number of nitrogens with one attached hydrogen (secondary N) is 1. The van der Waals surface area contributed by atoms with Crippen LogP contribution in [0, 0.1) is 11.3 Å². The molecule has 0 spiro atoms. The van der Waals surface area contributed by atoms with Crippen LogP contribution in [0.3, 0.4) is 0 Å². The van der Waals surface area contributed by atoms with Gasteiger partial charge in [0.25, 0.3) is 0 Å². The highest BCUT2D eigenvalue weighted by molar-refractivity contribution is 6.30. The van der Waals surface area contributed by atoms with Crippen LogP contribution >= 0.6 is 11.6 Å². The normalized spacial score (nSPS) is 11.5. The van der Waals surface area contributed by atoms with E-state index in [2.05, 4.69) is 5.32 Å². The minimum Gasteiger partial charge on any atom is -0.340 e. The third kappa shape index (κ3) is 4.01. The second kappa shape index (κ2) is 5.38. The third-order valence-corrected chi connectivity index (χ3v) is 2.14. The fourth-order valence-corrected chi connectivity index (χ4v) is 1.36. The fraction of sp³-hybridized carbons (Fsp3) is 0.273. The predicted octanol–water partition coefficient (Wildman–Crippen LogP) is 1.91. The molecule has 1 atom stereocenters. The van der Waals surface area contributed by atoms with E-state index in [1.165, 1.54) is 6.92 Å². The van der Waals surface area contributed by atoms with Crippen LogP contribution in [0.5, 0.6) is 0 Å². The van der Waals surface area contributed by atoms with Gasteiger partial charge < -0.3 is 5.32 Å². The van der Waals surface area contributed by atoms with E-state index in [0.717, 1.165) is 5.56 Å². The summed E-state index contributed by atoms with van der Waals surface area (Å²) in [7, 11) is 0. The van der Waals surface area contributed by atoms with Gasteiger partial charge in [-0.2, -0.15) is 5.26 Å². The van der Waals surface area contributed by atoms with Crippen molar-refractivity contribution < 1.29 is 4.79 Å². The lowest BCUT2D eigenvalue weighted by atomic mass is 10.1. The first-order valence-electron chi connectivity index (χ1n) is 4.53. The largest absolute Gasteiger partial charge is 0.340 e. The van der Waals surface area contributed by atoms with Crippen molar-refractivity contribution in [2.75, 3.05) is 0 Å². The van der Waals surface area contributed by atoms with Crippen LogP contribution in [-0.4, -0.2) is 11.9 Å². The zero-order chi connectivity index (χ0) is 11.3. The summed E-state index contributed by atoms with van der Waals surface area (Å²) in [5.41, 5.74) is 0.972. The highest BCUT2D eigenvalue weighted by Crippen LogP contribution is 2.10. The molecule has 0 aliphatic rings. The molecule has 0 saturated carbocycles. The van der Waals surface area contributed by atoms with Crippen LogP contribution in [0.25, 0.3) is 0 Å². The lowest BCUT2D eigenvalue weighted by Crippen LogP contribution is -2.33. The monoisotopic (exact) mass is 222 g/mol. The molecular weight excluding hydrogens is 212 g/mol. The average molecular weight is 223 g/mol. The number of nitrogens with zero attached hydrogens (tertiary/aromatic N) is 1. The molecule has 0 bridgehead atoms. The summed E-state index contributed by atoms with van der Waals surface area (Å²) in [4.78, 5) is 10.8. The molecular formula is C11H11ClN2O. The average Bonchev–Trinajstić information content (AvgIpc) is 2.19. The van der Waals surface area contributed by atoms with E-state index in [0.29, 0.717) is 11.4 Å². The minimum absolute atomic E-state index is 0.199. The molecule has 78 valence electrons. The van der Waals surface area contributed by atoms with E-state index in [9.17, 15) is 4.79 Å². The summed E-state index contributed by atoms with van der Waals surface area (Å²) in [6, 6.07) is 8.76. The molecule has 0 aliphatic carbocycles. The Kier molecular flexibility index (Phi) is 4.14. The van der Waals surface area contributed by atoms with Crippen LogP contribution in [0.1, 0.15) is 12.5 Å². The summed E-state index contributed by atoms with van der Waals surface area (Å²) in [5.74, 6) is -0.199. The summed E-state index contributed by atoms with van der Waals surface area (Å²) in [5, 5.41) is 12.0. The van der Waals surface area contributed by atoms with Crippen molar-refractivity contribution in [1.29, 1.82) is 5.26 Å². The Balaban J connectivity index is 2.63. The maximum atomic E-state index is 10.8. The Bertz CT molecular complexity index is 381. The van der Waals surface area contributed by atoms with Crippen LogP contribution in [-0.2, 0) is 11.2 Å². The molecule has 15 heavy (non-hydrogen) atoms. The van der Waals surface area contributed by atoms with Crippen LogP contribution in [0.15, 0.2) is 24.3 Å². The third-order valence-electron chi connectivity index (χ3n) is 1.89. The number of hydrogen-bond acceptors (Lipinski definition) is 2. The molecule has 0 aromatic heterocycles. The molecule has 0 aliphatic heterocycles. The molecule has 1 amide bonds. The van der Waals surface area contributed by atoms with Crippen molar-refractivity contribution in [1.82, 2.24) is 5.32 Å². The summed E-state index contributed by atoms with van der Waals surface area (Å²) >= 11 is 5.73. The van der Waals surface area contributed by atoms with Gasteiger partial charge in [0.05, 0.1) is 6.07 Å². The van der Waals surface area contributed by atoms with Crippen molar-refractivity contribution in [3.05, 3.63) is 34.9 Å². The first kappa shape index (κ1) is 11.5. The number of benzene rings is 1. The second-order valence-electron chi connectivity index (χ2n) is 3.21. The SMILES string of the molecule is CC(=O)NC(C#N)Cc1ccc(Cl)cc1. The molecule has 1 aromatic rings. The smallest absolute Gasteiger partial charge is 0.217 e. The molecule has 1 aromatic carbocycles. The van der Waals surface area contributed by atoms with Gasteiger partial charge in [-0.3, -0.25) is 4.79 Å². The summed E-state index contributed by atoms with van der Waals surface area (Å²) in [6.45, 7) is 1.40. The number of carbonyl (C=O) groups is 1. The maximum Gasteiger partial charge on any atom is 0.217 e. The Morgan fingerprint density at radius 2 is 2.13 bits per heavy atom. The molecule has 3 nitrogen and oxygen atoms in total. The van der Waals surface area contributed by atoms with Gasteiger partial charge in [-0.1, -0.05) is 23.7 Å². The number of carbonyl (C=O) groups excluding carboxylic acids is 1. The number of nitriles is 1. The lowest BCUT2D eigenvalue weighted by Gasteiger charge is -2.09. The number of rotatable bonds is 3. The van der Waals surface area contributed by atoms with Crippen molar-refractivity contribution >= 4 is 17.5 Å².